The van der Waals surface area contributed by atoms with Crippen LogP contribution in [0.2, 0.25) is 0 Å². The fourth-order valence-electron chi connectivity index (χ4n) is 3.19. The van der Waals surface area contributed by atoms with Crippen molar-refractivity contribution in [2.45, 2.75) is 57.4 Å². The number of halogens is 2. The number of allylic oxidation sites excluding steroid dienone is 2. The predicted octanol–water partition coefficient (Wildman–Crippen LogP) is 4.87. The minimum Gasteiger partial charge on any atom is -0.385 e. The lowest BCUT2D eigenvalue weighted by molar-refractivity contribution is 0.256. The maximum absolute atomic E-state index is 10.1. The quantitative estimate of drug-likeness (QED) is 0.500. The number of hydrogen-bond donors (Lipinski definition) is 1. The van der Waals surface area contributed by atoms with E-state index >= 15 is 0 Å². The molecule has 0 spiro atoms. The third kappa shape index (κ3) is 2.75. The normalized spacial score (nSPS) is 45.3. The molecule has 3 unspecified atom stereocenters. The zero-order chi connectivity index (χ0) is 14.5. The van der Waals surface area contributed by atoms with Gasteiger partial charge in [0.2, 0.25) is 0 Å². The van der Waals surface area contributed by atoms with Crippen molar-refractivity contribution in [2.75, 3.05) is 0 Å². The molecule has 0 aromatic heterocycles. The van der Waals surface area contributed by atoms with E-state index in [-0.39, 0.29) is 10.8 Å². The molecule has 0 amide bonds. The van der Waals surface area contributed by atoms with Crippen molar-refractivity contribution in [3.8, 4) is 0 Å². The van der Waals surface area contributed by atoms with Gasteiger partial charge in [-0.15, -0.1) is 23.2 Å². The van der Waals surface area contributed by atoms with Crippen molar-refractivity contribution < 1.29 is 5.11 Å². The Hall–Kier alpha value is 0.0200. The second-order valence-electron chi connectivity index (χ2n) is 7.08. The molecule has 1 nitrogen and oxygen atoms in total. The van der Waals surface area contributed by atoms with Gasteiger partial charge in [-0.3, -0.25) is 0 Å². The Morgan fingerprint density at radius 2 is 1.89 bits per heavy atom. The highest BCUT2D eigenvalue weighted by Gasteiger charge is 2.72. The monoisotopic (exact) mass is 302 g/mol. The van der Waals surface area contributed by atoms with Crippen molar-refractivity contribution in [1.82, 2.24) is 0 Å². The summed E-state index contributed by atoms with van der Waals surface area (Å²) in [5.74, 6) is 0.326. The molecule has 2 aliphatic carbocycles. The molecule has 2 aliphatic rings. The first-order valence-electron chi connectivity index (χ1n) is 7.02. The third-order valence-corrected chi connectivity index (χ3v) is 6.33. The van der Waals surface area contributed by atoms with Crippen molar-refractivity contribution in [2.24, 2.45) is 16.7 Å². The highest BCUT2D eigenvalue weighted by atomic mass is 35.5. The second-order valence-corrected chi connectivity index (χ2v) is 8.46. The zero-order valence-corrected chi connectivity index (χ0v) is 13.7. The average molecular weight is 303 g/mol. The first-order chi connectivity index (χ1) is 8.60. The van der Waals surface area contributed by atoms with Gasteiger partial charge < -0.3 is 5.11 Å². The summed E-state index contributed by atoms with van der Waals surface area (Å²) in [5, 5.41) is 10.1. The van der Waals surface area contributed by atoms with Crippen LogP contribution in [-0.4, -0.2) is 15.5 Å². The first-order valence-corrected chi connectivity index (χ1v) is 7.78. The molecule has 108 valence electrons. The number of rotatable bonds is 0. The number of aliphatic hydroxyl groups is 1. The largest absolute Gasteiger partial charge is 0.385 e. The molecule has 1 saturated carbocycles. The standard InChI is InChI=1S/C16H24Cl2O/c1-11-6-5-8-15(4)13(16(15,17)18)10-14(2,3)9-7-12(11)19/h6-7,9,12-13,19H,5,8,10H2,1-4H3/b9-7+,11-6+. The van der Waals surface area contributed by atoms with Crippen LogP contribution >= 0.6 is 23.2 Å². The molecule has 0 heterocycles. The fourth-order valence-corrected chi connectivity index (χ4v) is 4.17. The number of fused-ring (bicyclic) bond motifs is 1. The molecule has 0 aliphatic heterocycles. The summed E-state index contributed by atoms with van der Waals surface area (Å²) in [6.45, 7) is 8.52. The van der Waals surface area contributed by atoms with Gasteiger partial charge in [-0.1, -0.05) is 39.0 Å². The van der Waals surface area contributed by atoms with Gasteiger partial charge >= 0.3 is 0 Å². The Balaban J connectivity index is 2.28. The van der Waals surface area contributed by atoms with E-state index in [9.17, 15) is 5.11 Å². The summed E-state index contributed by atoms with van der Waals surface area (Å²) in [6, 6.07) is 0. The van der Waals surface area contributed by atoms with Crippen LogP contribution in [0.4, 0.5) is 0 Å². The molecular formula is C16H24Cl2O. The summed E-state index contributed by atoms with van der Waals surface area (Å²) in [7, 11) is 0. The first kappa shape index (κ1) is 15.4. The van der Waals surface area contributed by atoms with Gasteiger partial charge in [-0.2, -0.15) is 0 Å². The van der Waals surface area contributed by atoms with Crippen LogP contribution in [0.25, 0.3) is 0 Å². The van der Waals surface area contributed by atoms with E-state index in [4.69, 9.17) is 23.2 Å². The SMILES string of the molecule is C/C1=C\CCC2(C)C(CC(C)(C)/C=C/C1O)C2(Cl)Cl. The third-order valence-electron chi connectivity index (χ3n) is 4.94. The van der Waals surface area contributed by atoms with E-state index < -0.39 is 10.4 Å². The van der Waals surface area contributed by atoms with Crippen LogP contribution < -0.4 is 0 Å². The van der Waals surface area contributed by atoms with E-state index in [1.54, 1.807) is 0 Å². The van der Waals surface area contributed by atoms with Crippen molar-refractivity contribution in [3.63, 3.8) is 0 Å². The van der Waals surface area contributed by atoms with E-state index in [0.717, 1.165) is 24.8 Å². The molecule has 0 bridgehead atoms. The minimum atomic E-state index is -0.600. The summed E-state index contributed by atoms with van der Waals surface area (Å²) in [5.41, 5.74) is 1.00. The van der Waals surface area contributed by atoms with E-state index in [2.05, 4.69) is 32.9 Å². The van der Waals surface area contributed by atoms with Crippen LogP contribution in [0.15, 0.2) is 23.8 Å². The molecule has 0 saturated heterocycles. The Morgan fingerprint density at radius 1 is 1.26 bits per heavy atom. The lowest BCUT2D eigenvalue weighted by Gasteiger charge is -2.21. The van der Waals surface area contributed by atoms with Gasteiger partial charge in [0, 0.05) is 11.3 Å². The molecule has 3 atom stereocenters. The summed E-state index contributed by atoms with van der Waals surface area (Å²) >= 11 is 13.0. The van der Waals surface area contributed by atoms with Crippen LogP contribution in [0.3, 0.4) is 0 Å². The molecule has 1 fully saturated rings. The zero-order valence-electron chi connectivity index (χ0n) is 12.2. The van der Waals surface area contributed by atoms with Crippen LogP contribution in [-0.2, 0) is 0 Å². The number of alkyl halides is 2. The Morgan fingerprint density at radius 3 is 2.53 bits per heavy atom. The fraction of sp³-hybridized carbons (Fsp3) is 0.750. The second kappa shape index (κ2) is 4.79. The highest BCUT2D eigenvalue weighted by Crippen LogP contribution is 2.73. The highest BCUT2D eigenvalue weighted by molar-refractivity contribution is 6.51. The maximum atomic E-state index is 10.1. The van der Waals surface area contributed by atoms with Gasteiger partial charge in [0.1, 0.15) is 4.33 Å². The van der Waals surface area contributed by atoms with Gasteiger partial charge in [-0.25, -0.2) is 0 Å². The van der Waals surface area contributed by atoms with E-state index in [1.807, 2.05) is 13.0 Å². The molecule has 0 aromatic carbocycles. The van der Waals surface area contributed by atoms with Crippen molar-refractivity contribution >= 4 is 23.2 Å². The predicted molar refractivity (Wildman–Crippen MR) is 82.6 cm³/mol. The minimum absolute atomic E-state index is 0.00303. The van der Waals surface area contributed by atoms with Gasteiger partial charge in [0.05, 0.1) is 6.10 Å². The summed E-state index contributed by atoms with van der Waals surface area (Å²) in [4.78, 5) is 0. The lowest BCUT2D eigenvalue weighted by Crippen LogP contribution is -2.13. The van der Waals surface area contributed by atoms with Gasteiger partial charge in [-0.05, 0) is 37.2 Å². The van der Waals surface area contributed by atoms with Crippen LogP contribution in [0, 0.1) is 16.7 Å². The summed E-state index contributed by atoms with van der Waals surface area (Å²) in [6.07, 6.45) is 8.48. The Labute approximate surface area is 126 Å². The molecule has 2 rings (SSSR count). The van der Waals surface area contributed by atoms with Crippen molar-refractivity contribution in [1.29, 1.82) is 0 Å². The van der Waals surface area contributed by atoms with Crippen LogP contribution in [0.1, 0.15) is 47.0 Å². The Bertz CT molecular complexity index is 422. The molecule has 1 N–H and O–H groups in total. The average Bonchev–Trinajstić information content (AvgIpc) is 2.70. The van der Waals surface area contributed by atoms with E-state index in [0.29, 0.717) is 5.92 Å². The van der Waals surface area contributed by atoms with Gasteiger partial charge in [0.15, 0.2) is 0 Å². The molecule has 3 heteroatoms. The lowest BCUT2D eigenvalue weighted by atomic mass is 9.83. The smallest absolute Gasteiger partial charge is 0.127 e. The molecule has 19 heavy (non-hydrogen) atoms. The maximum Gasteiger partial charge on any atom is 0.127 e. The molecular weight excluding hydrogens is 279 g/mol. The Kier molecular flexibility index (Phi) is 3.88. The number of aliphatic hydroxyl groups excluding tert-OH is 1. The van der Waals surface area contributed by atoms with Gasteiger partial charge in [0.25, 0.3) is 0 Å². The van der Waals surface area contributed by atoms with Crippen molar-refractivity contribution in [3.05, 3.63) is 23.8 Å². The summed E-state index contributed by atoms with van der Waals surface area (Å²) < 4.78 is -0.600. The van der Waals surface area contributed by atoms with Crippen LogP contribution in [0.5, 0.6) is 0 Å². The topological polar surface area (TPSA) is 20.2 Å². The molecule has 0 aromatic rings. The molecule has 0 radical (unpaired) electrons. The van der Waals surface area contributed by atoms with E-state index in [1.165, 1.54) is 0 Å². The number of hydrogen-bond acceptors (Lipinski definition) is 1.